The maximum Gasteiger partial charge on any atom is 0.217 e. The topological polar surface area (TPSA) is 37.4 Å². The van der Waals surface area contributed by atoms with E-state index in [1.165, 1.54) is 32.5 Å². The van der Waals surface area contributed by atoms with Crippen molar-refractivity contribution >= 4 is 0 Å². The molecule has 18 heavy (non-hydrogen) atoms. The summed E-state index contributed by atoms with van der Waals surface area (Å²) in [7, 11) is 1.68. The second-order valence-electron chi connectivity index (χ2n) is 5.30. The summed E-state index contributed by atoms with van der Waals surface area (Å²) in [5, 5.41) is 3.68. The monoisotopic (exact) mass is 247 g/mol. The molecule has 0 aliphatic carbocycles. The highest BCUT2D eigenvalue weighted by atomic mass is 16.5. The maximum absolute atomic E-state index is 5.29. The molecule has 4 heterocycles. The first-order chi connectivity index (χ1) is 8.86. The lowest BCUT2D eigenvalue weighted by atomic mass is 9.84. The molecule has 1 atom stereocenters. The van der Waals surface area contributed by atoms with Gasteiger partial charge in [0.2, 0.25) is 5.88 Å². The van der Waals surface area contributed by atoms with Crippen molar-refractivity contribution in [1.29, 1.82) is 0 Å². The number of hydrogen-bond acceptors (Lipinski definition) is 4. The van der Waals surface area contributed by atoms with Crippen LogP contribution in [0.25, 0.3) is 0 Å². The molecule has 4 nitrogen and oxygen atoms in total. The van der Waals surface area contributed by atoms with Crippen molar-refractivity contribution in [2.45, 2.75) is 25.4 Å². The van der Waals surface area contributed by atoms with Crippen LogP contribution in [0.1, 0.15) is 18.4 Å². The number of nitrogens with one attached hydrogen (secondary N) is 1. The predicted octanol–water partition coefficient (Wildman–Crippen LogP) is 1.27. The zero-order valence-corrected chi connectivity index (χ0v) is 10.9. The van der Waals surface area contributed by atoms with E-state index in [4.69, 9.17) is 4.74 Å². The van der Waals surface area contributed by atoms with Crippen molar-refractivity contribution in [2.75, 3.05) is 26.7 Å². The van der Waals surface area contributed by atoms with Crippen LogP contribution in [-0.4, -0.2) is 42.7 Å². The van der Waals surface area contributed by atoms with Gasteiger partial charge >= 0.3 is 0 Å². The van der Waals surface area contributed by atoms with Crippen LogP contribution in [-0.2, 0) is 6.54 Å². The fourth-order valence-electron chi connectivity index (χ4n) is 3.18. The molecular weight excluding hydrogens is 226 g/mol. The van der Waals surface area contributed by atoms with E-state index in [2.05, 4.69) is 21.3 Å². The maximum atomic E-state index is 5.29. The van der Waals surface area contributed by atoms with Crippen LogP contribution in [0.15, 0.2) is 18.3 Å². The lowest BCUT2D eigenvalue weighted by Crippen LogP contribution is -2.55. The van der Waals surface area contributed by atoms with Crippen LogP contribution in [0.2, 0.25) is 0 Å². The molecule has 0 saturated carbocycles. The van der Waals surface area contributed by atoms with Crippen LogP contribution in [0, 0.1) is 5.92 Å². The Bertz CT molecular complexity index is 402. The minimum atomic E-state index is 0.636. The zero-order chi connectivity index (χ0) is 12.4. The number of pyridine rings is 1. The number of aromatic nitrogens is 1. The third-order valence-corrected chi connectivity index (χ3v) is 4.25. The number of piperidine rings is 3. The Labute approximate surface area is 108 Å². The van der Waals surface area contributed by atoms with Gasteiger partial charge in [0.1, 0.15) is 0 Å². The lowest BCUT2D eigenvalue weighted by molar-refractivity contribution is 0.0719. The normalized spacial score (nSPS) is 30.4. The van der Waals surface area contributed by atoms with Gasteiger partial charge in [-0.15, -0.1) is 0 Å². The van der Waals surface area contributed by atoms with E-state index in [9.17, 15) is 0 Å². The Balaban J connectivity index is 1.61. The molecule has 4 rings (SSSR count). The summed E-state index contributed by atoms with van der Waals surface area (Å²) in [5.74, 6) is 1.60. The van der Waals surface area contributed by atoms with Gasteiger partial charge in [0.05, 0.1) is 7.11 Å². The molecule has 1 N–H and O–H groups in total. The van der Waals surface area contributed by atoms with Crippen LogP contribution >= 0.6 is 0 Å². The summed E-state index contributed by atoms with van der Waals surface area (Å²) >= 11 is 0. The molecule has 0 spiro atoms. The number of fused-ring (bicyclic) bond motifs is 3. The SMILES string of the molecule is COc1ncccc1CNC1CN2CCC1CC2. The summed E-state index contributed by atoms with van der Waals surface area (Å²) in [5.41, 5.74) is 1.15. The molecule has 3 fully saturated rings. The Morgan fingerprint density at radius 1 is 1.44 bits per heavy atom. The molecule has 1 aromatic heterocycles. The molecule has 4 heteroatoms. The van der Waals surface area contributed by atoms with Crippen LogP contribution in [0.4, 0.5) is 0 Å². The van der Waals surface area contributed by atoms with E-state index < -0.39 is 0 Å². The first kappa shape index (κ1) is 11.9. The van der Waals surface area contributed by atoms with Gasteiger partial charge in [-0.25, -0.2) is 4.98 Å². The van der Waals surface area contributed by atoms with Crippen LogP contribution in [0.3, 0.4) is 0 Å². The summed E-state index contributed by atoms with van der Waals surface area (Å²) in [6, 6.07) is 4.69. The van der Waals surface area contributed by atoms with Gasteiger partial charge < -0.3 is 15.0 Å². The largest absolute Gasteiger partial charge is 0.481 e. The molecule has 98 valence electrons. The fraction of sp³-hybridized carbons (Fsp3) is 0.643. The number of ether oxygens (including phenoxy) is 1. The molecule has 3 saturated heterocycles. The van der Waals surface area contributed by atoms with Gasteiger partial charge in [-0.1, -0.05) is 6.07 Å². The molecule has 0 radical (unpaired) electrons. The van der Waals surface area contributed by atoms with Crippen molar-refractivity contribution in [3.05, 3.63) is 23.9 Å². The summed E-state index contributed by atoms with van der Waals surface area (Å²) in [4.78, 5) is 6.80. The highest BCUT2D eigenvalue weighted by molar-refractivity contribution is 5.25. The minimum Gasteiger partial charge on any atom is -0.481 e. The first-order valence-electron chi connectivity index (χ1n) is 6.80. The van der Waals surface area contributed by atoms with Gasteiger partial charge in [0.25, 0.3) is 0 Å². The molecule has 0 amide bonds. The van der Waals surface area contributed by atoms with E-state index in [1.807, 2.05) is 6.07 Å². The highest BCUT2D eigenvalue weighted by Gasteiger charge is 2.33. The van der Waals surface area contributed by atoms with E-state index in [0.29, 0.717) is 6.04 Å². The Morgan fingerprint density at radius 3 is 2.94 bits per heavy atom. The molecule has 3 aliphatic heterocycles. The average molecular weight is 247 g/mol. The fourth-order valence-corrected chi connectivity index (χ4v) is 3.18. The third-order valence-electron chi connectivity index (χ3n) is 4.25. The smallest absolute Gasteiger partial charge is 0.217 e. The number of hydrogen-bond donors (Lipinski definition) is 1. The zero-order valence-electron chi connectivity index (χ0n) is 10.9. The van der Waals surface area contributed by atoms with Crippen LogP contribution < -0.4 is 10.1 Å². The lowest BCUT2D eigenvalue weighted by Gasteiger charge is -2.45. The summed E-state index contributed by atoms with van der Waals surface area (Å²) in [6.07, 6.45) is 4.47. The van der Waals surface area contributed by atoms with Crippen LogP contribution in [0.5, 0.6) is 5.88 Å². The molecular formula is C14H21N3O. The van der Waals surface area contributed by atoms with Gasteiger partial charge in [-0.05, 0) is 37.9 Å². The van der Waals surface area contributed by atoms with Crippen molar-refractivity contribution in [3.8, 4) is 5.88 Å². The van der Waals surface area contributed by atoms with Gasteiger partial charge in [-0.3, -0.25) is 0 Å². The second-order valence-corrected chi connectivity index (χ2v) is 5.30. The summed E-state index contributed by atoms with van der Waals surface area (Å²) < 4.78 is 5.29. The quantitative estimate of drug-likeness (QED) is 0.869. The minimum absolute atomic E-state index is 0.636. The second kappa shape index (κ2) is 5.24. The Kier molecular flexibility index (Phi) is 3.48. The van der Waals surface area contributed by atoms with Crippen molar-refractivity contribution in [1.82, 2.24) is 15.2 Å². The van der Waals surface area contributed by atoms with E-state index in [-0.39, 0.29) is 0 Å². The first-order valence-corrected chi connectivity index (χ1v) is 6.80. The van der Waals surface area contributed by atoms with Crippen molar-refractivity contribution in [2.24, 2.45) is 5.92 Å². The molecule has 1 unspecified atom stereocenters. The summed E-state index contributed by atoms with van der Waals surface area (Å²) in [6.45, 7) is 4.64. The van der Waals surface area contributed by atoms with Gasteiger partial charge in [0, 0.05) is 30.9 Å². The van der Waals surface area contributed by atoms with E-state index >= 15 is 0 Å². The van der Waals surface area contributed by atoms with E-state index in [1.54, 1.807) is 13.3 Å². The van der Waals surface area contributed by atoms with E-state index in [0.717, 1.165) is 23.9 Å². The molecule has 1 aromatic rings. The Morgan fingerprint density at radius 2 is 2.28 bits per heavy atom. The molecule has 0 aromatic carbocycles. The van der Waals surface area contributed by atoms with Crippen molar-refractivity contribution < 1.29 is 4.74 Å². The number of methoxy groups -OCH3 is 1. The Hall–Kier alpha value is -1.13. The van der Waals surface area contributed by atoms with Crippen molar-refractivity contribution in [3.63, 3.8) is 0 Å². The molecule has 2 bridgehead atoms. The average Bonchev–Trinajstić information content (AvgIpc) is 2.46. The third kappa shape index (κ3) is 2.35. The van der Waals surface area contributed by atoms with Gasteiger partial charge in [0.15, 0.2) is 0 Å². The predicted molar refractivity (Wildman–Crippen MR) is 70.6 cm³/mol. The van der Waals surface area contributed by atoms with Gasteiger partial charge in [-0.2, -0.15) is 0 Å². The standard InChI is InChI=1S/C14H21N3O/c1-18-14-12(3-2-6-15-14)9-16-13-10-17-7-4-11(13)5-8-17/h2-3,6,11,13,16H,4-5,7-10H2,1H3. The highest BCUT2D eigenvalue weighted by Crippen LogP contribution is 2.27. The molecule has 3 aliphatic rings. The number of nitrogens with zero attached hydrogens (tertiary/aromatic N) is 2. The number of rotatable bonds is 4.